The molecular weight excluding hydrogens is 342 g/mol. The number of amides is 1. The van der Waals surface area contributed by atoms with E-state index in [1.807, 2.05) is 31.2 Å². The number of carbonyl (C=O) groups excluding carboxylic acids is 1. The molecule has 136 valence electrons. The highest BCUT2D eigenvalue weighted by Crippen LogP contribution is 2.18. The van der Waals surface area contributed by atoms with Gasteiger partial charge in [0, 0.05) is 16.8 Å². The van der Waals surface area contributed by atoms with E-state index in [-0.39, 0.29) is 18.1 Å². The molecule has 0 unspecified atom stereocenters. The van der Waals surface area contributed by atoms with Crippen LogP contribution in [0, 0.1) is 6.92 Å². The summed E-state index contributed by atoms with van der Waals surface area (Å²) >= 11 is 0. The van der Waals surface area contributed by atoms with E-state index in [1.54, 1.807) is 48.5 Å². The molecule has 0 saturated carbocycles. The minimum Gasteiger partial charge on any atom is -0.489 e. The van der Waals surface area contributed by atoms with E-state index in [0.717, 1.165) is 11.3 Å². The van der Waals surface area contributed by atoms with Crippen LogP contribution in [0.1, 0.15) is 31.8 Å². The topological polar surface area (TPSA) is 75.6 Å². The fourth-order valence-electron chi connectivity index (χ4n) is 2.63. The molecule has 0 aliphatic rings. The zero-order chi connectivity index (χ0) is 19.2. The molecule has 0 spiro atoms. The van der Waals surface area contributed by atoms with Crippen molar-refractivity contribution in [2.75, 3.05) is 5.32 Å². The second-order valence-corrected chi connectivity index (χ2v) is 6.04. The minimum atomic E-state index is -0.988. The van der Waals surface area contributed by atoms with E-state index in [1.165, 1.54) is 0 Å². The highest BCUT2D eigenvalue weighted by atomic mass is 16.5. The number of aryl methyl sites for hydroxylation is 1. The monoisotopic (exact) mass is 361 g/mol. The number of ether oxygens (including phenoxy) is 1. The zero-order valence-electron chi connectivity index (χ0n) is 14.8. The predicted molar refractivity (Wildman–Crippen MR) is 103 cm³/mol. The van der Waals surface area contributed by atoms with Crippen molar-refractivity contribution in [3.63, 3.8) is 0 Å². The van der Waals surface area contributed by atoms with Crippen LogP contribution in [0.4, 0.5) is 5.69 Å². The molecule has 0 aliphatic carbocycles. The number of rotatable bonds is 6. The van der Waals surface area contributed by atoms with Crippen LogP contribution in [-0.4, -0.2) is 17.0 Å². The summed E-state index contributed by atoms with van der Waals surface area (Å²) in [6.07, 6.45) is 0. The van der Waals surface area contributed by atoms with Crippen molar-refractivity contribution in [3.05, 3.63) is 95.1 Å². The number of anilines is 1. The van der Waals surface area contributed by atoms with Gasteiger partial charge in [-0.25, -0.2) is 4.79 Å². The molecule has 3 rings (SSSR count). The standard InChI is InChI=1S/C22H19NO4/c1-15-6-2-5-9-20(15)23-21(24)16-10-12-18(13-11-16)27-14-17-7-3-4-8-19(17)22(25)26/h2-13H,14H2,1H3,(H,23,24)(H,25,26). The van der Waals surface area contributed by atoms with E-state index in [0.29, 0.717) is 16.9 Å². The van der Waals surface area contributed by atoms with Crippen molar-refractivity contribution in [1.82, 2.24) is 0 Å². The first-order valence-corrected chi connectivity index (χ1v) is 8.45. The lowest BCUT2D eigenvalue weighted by Gasteiger charge is -2.10. The molecule has 2 N–H and O–H groups in total. The Kier molecular flexibility index (Phi) is 5.52. The third kappa shape index (κ3) is 4.52. The van der Waals surface area contributed by atoms with Gasteiger partial charge in [0.2, 0.25) is 0 Å². The van der Waals surface area contributed by atoms with Crippen molar-refractivity contribution in [2.24, 2.45) is 0 Å². The highest BCUT2D eigenvalue weighted by Gasteiger charge is 2.10. The maximum absolute atomic E-state index is 12.4. The van der Waals surface area contributed by atoms with Gasteiger partial charge in [0.05, 0.1) is 5.56 Å². The summed E-state index contributed by atoms with van der Waals surface area (Å²) in [5.41, 5.74) is 3.07. The van der Waals surface area contributed by atoms with Crippen LogP contribution >= 0.6 is 0 Å². The van der Waals surface area contributed by atoms with Crippen LogP contribution in [0.25, 0.3) is 0 Å². The van der Waals surface area contributed by atoms with E-state index in [2.05, 4.69) is 5.32 Å². The van der Waals surface area contributed by atoms with Gasteiger partial charge in [0.1, 0.15) is 12.4 Å². The van der Waals surface area contributed by atoms with Crippen molar-refractivity contribution in [2.45, 2.75) is 13.5 Å². The van der Waals surface area contributed by atoms with Crippen LogP contribution in [0.2, 0.25) is 0 Å². The summed E-state index contributed by atoms with van der Waals surface area (Å²) in [6, 6.07) is 21.0. The predicted octanol–water partition coefficient (Wildman–Crippen LogP) is 4.52. The number of nitrogens with one attached hydrogen (secondary N) is 1. The number of aromatic carboxylic acids is 1. The molecule has 0 heterocycles. The van der Waals surface area contributed by atoms with Gasteiger partial charge in [0.15, 0.2) is 0 Å². The Balaban J connectivity index is 1.65. The number of hydrogen-bond acceptors (Lipinski definition) is 3. The number of benzene rings is 3. The largest absolute Gasteiger partial charge is 0.489 e. The van der Waals surface area contributed by atoms with E-state index in [9.17, 15) is 14.7 Å². The zero-order valence-corrected chi connectivity index (χ0v) is 14.8. The summed E-state index contributed by atoms with van der Waals surface area (Å²) < 4.78 is 5.66. The van der Waals surface area contributed by atoms with Crippen molar-refractivity contribution in [1.29, 1.82) is 0 Å². The molecule has 3 aromatic rings. The molecule has 3 aromatic carbocycles. The second kappa shape index (κ2) is 8.19. The van der Waals surface area contributed by atoms with Gasteiger partial charge < -0.3 is 15.2 Å². The summed E-state index contributed by atoms with van der Waals surface area (Å²) in [7, 11) is 0. The van der Waals surface area contributed by atoms with Gasteiger partial charge >= 0.3 is 5.97 Å². The van der Waals surface area contributed by atoms with Crippen LogP contribution in [0.3, 0.4) is 0 Å². The van der Waals surface area contributed by atoms with E-state index < -0.39 is 5.97 Å². The molecule has 0 saturated heterocycles. The normalized spacial score (nSPS) is 10.3. The van der Waals surface area contributed by atoms with E-state index >= 15 is 0 Å². The number of carboxylic acid groups (broad SMARTS) is 1. The van der Waals surface area contributed by atoms with Gasteiger partial charge in [-0.2, -0.15) is 0 Å². The average Bonchev–Trinajstić information content (AvgIpc) is 2.68. The maximum Gasteiger partial charge on any atom is 0.336 e. The van der Waals surface area contributed by atoms with Crippen LogP contribution in [0.5, 0.6) is 5.75 Å². The number of hydrogen-bond donors (Lipinski definition) is 2. The number of para-hydroxylation sites is 1. The van der Waals surface area contributed by atoms with Crippen LogP contribution in [0.15, 0.2) is 72.8 Å². The summed E-state index contributed by atoms with van der Waals surface area (Å²) in [5, 5.41) is 12.1. The van der Waals surface area contributed by atoms with Gasteiger partial charge in [-0.1, -0.05) is 36.4 Å². The second-order valence-electron chi connectivity index (χ2n) is 6.04. The lowest BCUT2D eigenvalue weighted by atomic mass is 10.1. The summed E-state index contributed by atoms with van der Waals surface area (Å²) in [6.45, 7) is 2.07. The Morgan fingerprint density at radius 3 is 2.30 bits per heavy atom. The first-order chi connectivity index (χ1) is 13.0. The van der Waals surface area contributed by atoms with E-state index in [4.69, 9.17) is 4.74 Å². The average molecular weight is 361 g/mol. The van der Waals surface area contributed by atoms with Gasteiger partial charge in [-0.3, -0.25) is 4.79 Å². The Bertz CT molecular complexity index is 964. The van der Waals surface area contributed by atoms with Gasteiger partial charge in [-0.05, 0) is 48.9 Å². The smallest absolute Gasteiger partial charge is 0.336 e. The molecule has 0 bridgehead atoms. The molecule has 5 heteroatoms. The van der Waals surface area contributed by atoms with Crippen molar-refractivity contribution >= 4 is 17.6 Å². The summed E-state index contributed by atoms with van der Waals surface area (Å²) in [4.78, 5) is 23.6. The number of carboxylic acids is 1. The SMILES string of the molecule is Cc1ccccc1NC(=O)c1ccc(OCc2ccccc2C(=O)O)cc1. The minimum absolute atomic E-state index is 0.136. The third-order valence-electron chi connectivity index (χ3n) is 4.15. The lowest BCUT2D eigenvalue weighted by molar-refractivity contribution is 0.0693. The van der Waals surface area contributed by atoms with Crippen LogP contribution in [-0.2, 0) is 6.61 Å². The molecule has 0 radical (unpaired) electrons. The first-order valence-electron chi connectivity index (χ1n) is 8.45. The molecule has 0 atom stereocenters. The fourth-order valence-corrected chi connectivity index (χ4v) is 2.63. The van der Waals surface area contributed by atoms with Crippen molar-refractivity contribution < 1.29 is 19.4 Å². The molecule has 0 aliphatic heterocycles. The Labute approximate surface area is 157 Å². The first kappa shape index (κ1) is 18.2. The maximum atomic E-state index is 12.4. The molecule has 27 heavy (non-hydrogen) atoms. The summed E-state index contributed by atoms with van der Waals surface area (Å²) in [5.74, 6) is -0.632. The Morgan fingerprint density at radius 1 is 0.926 bits per heavy atom. The molecule has 0 aromatic heterocycles. The highest BCUT2D eigenvalue weighted by molar-refractivity contribution is 6.04. The van der Waals surface area contributed by atoms with Crippen LogP contribution < -0.4 is 10.1 Å². The molecular formula is C22H19NO4. The lowest BCUT2D eigenvalue weighted by Crippen LogP contribution is -2.12. The van der Waals surface area contributed by atoms with Gasteiger partial charge in [0.25, 0.3) is 5.91 Å². The fraction of sp³-hybridized carbons (Fsp3) is 0.0909. The molecule has 1 amide bonds. The van der Waals surface area contributed by atoms with Crippen molar-refractivity contribution in [3.8, 4) is 5.75 Å². The third-order valence-corrected chi connectivity index (χ3v) is 4.15. The Hall–Kier alpha value is -3.60. The number of carbonyl (C=O) groups is 2. The quantitative estimate of drug-likeness (QED) is 0.677. The Morgan fingerprint density at radius 2 is 1.59 bits per heavy atom. The molecule has 5 nitrogen and oxygen atoms in total. The van der Waals surface area contributed by atoms with Gasteiger partial charge in [-0.15, -0.1) is 0 Å². The molecule has 0 fully saturated rings.